The van der Waals surface area contributed by atoms with E-state index in [0.717, 1.165) is 11.1 Å². The van der Waals surface area contributed by atoms with E-state index >= 15 is 0 Å². The molecule has 1 heterocycles. The predicted octanol–water partition coefficient (Wildman–Crippen LogP) is 3.41. The summed E-state index contributed by atoms with van der Waals surface area (Å²) in [5.74, 6) is -0.230. The SMILES string of the molecule is CCn1nc(-c2ccccc2)c(C(C)=O)c(Nc2ccc(CCO)cc2)c1=O. The number of nitrogens with one attached hydrogen (secondary N) is 1. The van der Waals surface area contributed by atoms with E-state index < -0.39 is 0 Å². The monoisotopic (exact) mass is 377 g/mol. The minimum atomic E-state index is -0.341. The van der Waals surface area contributed by atoms with Crippen LogP contribution in [0.1, 0.15) is 29.8 Å². The van der Waals surface area contributed by atoms with Crippen molar-refractivity contribution in [1.82, 2.24) is 9.78 Å². The number of Topliss-reactive ketones (excluding diaryl/α,β-unsaturated/α-hetero) is 1. The van der Waals surface area contributed by atoms with Gasteiger partial charge in [0.2, 0.25) is 0 Å². The maximum atomic E-state index is 12.9. The van der Waals surface area contributed by atoms with Gasteiger partial charge in [0.1, 0.15) is 11.4 Å². The van der Waals surface area contributed by atoms with Crippen molar-refractivity contribution in [3.05, 3.63) is 76.1 Å². The number of aliphatic hydroxyl groups is 1. The smallest absolute Gasteiger partial charge is 0.291 e. The van der Waals surface area contributed by atoms with Crippen LogP contribution in [0.2, 0.25) is 0 Å². The van der Waals surface area contributed by atoms with Crippen LogP contribution >= 0.6 is 0 Å². The summed E-state index contributed by atoms with van der Waals surface area (Å²) in [6.45, 7) is 3.74. The zero-order valence-electron chi connectivity index (χ0n) is 16.0. The van der Waals surface area contributed by atoms with Crippen LogP contribution in [0.4, 0.5) is 11.4 Å². The molecule has 0 bridgehead atoms. The lowest BCUT2D eigenvalue weighted by atomic mass is 10.0. The summed E-state index contributed by atoms with van der Waals surface area (Å²) in [6.07, 6.45) is 0.565. The molecule has 6 nitrogen and oxygen atoms in total. The van der Waals surface area contributed by atoms with Crippen molar-refractivity contribution in [3.63, 3.8) is 0 Å². The normalized spacial score (nSPS) is 10.7. The third-order valence-electron chi connectivity index (χ3n) is 4.48. The van der Waals surface area contributed by atoms with Crippen LogP contribution < -0.4 is 10.9 Å². The van der Waals surface area contributed by atoms with Crippen LogP contribution in [-0.2, 0) is 13.0 Å². The average Bonchev–Trinajstić information content (AvgIpc) is 2.71. The van der Waals surface area contributed by atoms with E-state index in [1.165, 1.54) is 11.6 Å². The van der Waals surface area contributed by atoms with E-state index in [4.69, 9.17) is 5.11 Å². The number of hydrogen-bond acceptors (Lipinski definition) is 5. The Morgan fingerprint density at radius 3 is 2.36 bits per heavy atom. The Kier molecular flexibility index (Phi) is 6.01. The van der Waals surface area contributed by atoms with Crippen molar-refractivity contribution in [2.75, 3.05) is 11.9 Å². The number of aryl methyl sites for hydroxylation is 1. The van der Waals surface area contributed by atoms with Crippen molar-refractivity contribution in [2.24, 2.45) is 0 Å². The molecule has 0 amide bonds. The Hall–Kier alpha value is -3.25. The van der Waals surface area contributed by atoms with Crippen molar-refractivity contribution in [1.29, 1.82) is 0 Å². The molecule has 3 aromatic rings. The summed E-state index contributed by atoms with van der Waals surface area (Å²) in [6, 6.07) is 16.8. The van der Waals surface area contributed by atoms with Gasteiger partial charge in [0.25, 0.3) is 5.56 Å². The topological polar surface area (TPSA) is 84.2 Å². The van der Waals surface area contributed by atoms with E-state index in [1.54, 1.807) is 0 Å². The van der Waals surface area contributed by atoms with Gasteiger partial charge in [-0.05, 0) is 38.0 Å². The zero-order chi connectivity index (χ0) is 20.1. The highest BCUT2D eigenvalue weighted by molar-refractivity contribution is 6.05. The molecule has 6 heteroatoms. The van der Waals surface area contributed by atoms with E-state index in [1.807, 2.05) is 61.5 Å². The number of nitrogens with zero attached hydrogens (tertiary/aromatic N) is 2. The fourth-order valence-electron chi connectivity index (χ4n) is 3.07. The van der Waals surface area contributed by atoms with Gasteiger partial charge in [0, 0.05) is 24.4 Å². The van der Waals surface area contributed by atoms with E-state index in [2.05, 4.69) is 10.4 Å². The molecule has 0 aliphatic heterocycles. The molecule has 0 spiro atoms. The van der Waals surface area contributed by atoms with Gasteiger partial charge < -0.3 is 10.4 Å². The number of carbonyl (C=O) groups is 1. The van der Waals surface area contributed by atoms with Gasteiger partial charge in [-0.2, -0.15) is 5.10 Å². The summed E-state index contributed by atoms with van der Waals surface area (Å²) in [4.78, 5) is 25.4. The number of benzene rings is 2. The predicted molar refractivity (Wildman–Crippen MR) is 110 cm³/mol. The van der Waals surface area contributed by atoms with Crippen LogP contribution in [0.3, 0.4) is 0 Å². The highest BCUT2D eigenvalue weighted by Crippen LogP contribution is 2.27. The van der Waals surface area contributed by atoms with E-state index in [0.29, 0.717) is 24.3 Å². The molecule has 0 saturated heterocycles. The summed E-state index contributed by atoms with van der Waals surface area (Å²) >= 11 is 0. The maximum absolute atomic E-state index is 12.9. The van der Waals surface area contributed by atoms with Gasteiger partial charge in [-0.15, -0.1) is 0 Å². The molecule has 0 aliphatic rings. The number of aliphatic hydroxyl groups excluding tert-OH is 1. The first-order valence-electron chi connectivity index (χ1n) is 9.23. The quantitative estimate of drug-likeness (QED) is 0.617. The van der Waals surface area contributed by atoms with Crippen molar-refractivity contribution < 1.29 is 9.90 Å². The molecule has 0 radical (unpaired) electrons. The van der Waals surface area contributed by atoms with Gasteiger partial charge >= 0.3 is 0 Å². The van der Waals surface area contributed by atoms with Crippen molar-refractivity contribution >= 4 is 17.2 Å². The van der Waals surface area contributed by atoms with Gasteiger partial charge in [-0.25, -0.2) is 4.68 Å². The molecular formula is C22H23N3O3. The minimum absolute atomic E-state index is 0.0766. The number of ketones is 1. The molecule has 0 saturated carbocycles. The van der Waals surface area contributed by atoms with Crippen LogP contribution in [0.5, 0.6) is 0 Å². The van der Waals surface area contributed by atoms with Crippen LogP contribution in [-0.4, -0.2) is 27.3 Å². The van der Waals surface area contributed by atoms with E-state index in [-0.39, 0.29) is 29.2 Å². The highest BCUT2D eigenvalue weighted by Gasteiger charge is 2.21. The van der Waals surface area contributed by atoms with Crippen LogP contribution in [0.15, 0.2) is 59.4 Å². The number of anilines is 2. The van der Waals surface area contributed by atoms with Crippen LogP contribution in [0, 0.1) is 0 Å². The highest BCUT2D eigenvalue weighted by atomic mass is 16.3. The third-order valence-corrected chi connectivity index (χ3v) is 4.48. The molecule has 0 fully saturated rings. The van der Waals surface area contributed by atoms with Crippen molar-refractivity contribution in [3.8, 4) is 11.3 Å². The summed E-state index contributed by atoms with van der Waals surface area (Å²) in [5, 5.41) is 16.6. The molecule has 3 rings (SSSR count). The Morgan fingerprint density at radius 2 is 1.79 bits per heavy atom. The van der Waals surface area contributed by atoms with Gasteiger partial charge in [0.15, 0.2) is 5.78 Å². The van der Waals surface area contributed by atoms with Gasteiger partial charge in [0.05, 0.1) is 5.56 Å². The number of hydrogen-bond donors (Lipinski definition) is 2. The first-order valence-corrected chi connectivity index (χ1v) is 9.23. The Bertz CT molecular complexity index is 1030. The van der Waals surface area contributed by atoms with Gasteiger partial charge in [-0.3, -0.25) is 9.59 Å². The lowest BCUT2D eigenvalue weighted by molar-refractivity contribution is 0.101. The van der Waals surface area contributed by atoms with Crippen LogP contribution in [0.25, 0.3) is 11.3 Å². The first-order chi connectivity index (χ1) is 13.5. The first kappa shape index (κ1) is 19.5. The Balaban J connectivity index is 2.15. The molecule has 0 atom stereocenters. The number of carbonyl (C=O) groups excluding carboxylic acids is 1. The minimum Gasteiger partial charge on any atom is -0.396 e. The van der Waals surface area contributed by atoms with Crippen molar-refractivity contribution in [2.45, 2.75) is 26.8 Å². The Morgan fingerprint density at radius 1 is 1.11 bits per heavy atom. The molecule has 144 valence electrons. The second kappa shape index (κ2) is 8.63. The summed E-state index contributed by atoms with van der Waals surface area (Å²) in [7, 11) is 0. The second-order valence-corrected chi connectivity index (χ2v) is 6.44. The number of aromatic nitrogens is 2. The largest absolute Gasteiger partial charge is 0.396 e. The second-order valence-electron chi connectivity index (χ2n) is 6.44. The molecule has 2 N–H and O–H groups in total. The maximum Gasteiger partial charge on any atom is 0.291 e. The zero-order valence-corrected chi connectivity index (χ0v) is 16.0. The average molecular weight is 377 g/mol. The summed E-state index contributed by atoms with van der Waals surface area (Å²) < 4.78 is 1.36. The summed E-state index contributed by atoms with van der Waals surface area (Å²) in [5.41, 5.74) is 3.09. The molecule has 2 aromatic carbocycles. The van der Waals surface area contributed by atoms with E-state index in [9.17, 15) is 9.59 Å². The standard InChI is InChI=1S/C22H23N3O3/c1-3-25-22(28)21(23-18-11-9-16(10-12-18)13-14-26)19(15(2)27)20(24-25)17-7-5-4-6-8-17/h4-12,23,26H,3,13-14H2,1-2H3. The fourth-order valence-corrected chi connectivity index (χ4v) is 3.07. The molecule has 28 heavy (non-hydrogen) atoms. The molecular weight excluding hydrogens is 354 g/mol. The number of rotatable bonds is 7. The Labute approximate surface area is 163 Å². The lowest BCUT2D eigenvalue weighted by Crippen LogP contribution is -2.28. The molecule has 1 aromatic heterocycles. The lowest BCUT2D eigenvalue weighted by Gasteiger charge is -2.16. The molecule has 0 unspecified atom stereocenters. The molecule has 0 aliphatic carbocycles. The van der Waals surface area contributed by atoms with Gasteiger partial charge in [-0.1, -0.05) is 42.5 Å². The fraction of sp³-hybridized carbons (Fsp3) is 0.227. The third kappa shape index (κ3) is 4.02.